The van der Waals surface area contributed by atoms with Crippen LogP contribution in [0, 0.1) is 0 Å². The van der Waals surface area contributed by atoms with Crippen LogP contribution >= 0.6 is 0 Å². The maximum absolute atomic E-state index is 12.9. The van der Waals surface area contributed by atoms with Crippen LogP contribution in [0.2, 0.25) is 0 Å². The van der Waals surface area contributed by atoms with Gasteiger partial charge in [-0.2, -0.15) is 5.10 Å². The molecule has 2 aromatic rings. The smallest absolute Gasteiger partial charge is 0.277 e. The summed E-state index contributed by atoms with van der Waals surface area (Å²) in [5.41, 5.74) is 2.69. The van der Waals surface area contributed by atoms with Crippen molar-refractivity contribution in [3.8, 4) is 0 Å². The number of aromatic nitrogens is 3. The van der Waals surface area contributed by atoms with Gasteiger partial charge in [-0.3, -0.25) is 9.59 Å². The van der Waals surface area contributed by atoms with Crippen LogP contribution in [0.1, 0.15) is 56.2 Å². The molecule has 2 heterocycles. The highest BCUT2D eigenvalue weighted by molar-refractivity contribution is 5.76. The van der Waals surface area contributed by atoms with Gasteiger partial charge < -0.3 is 9.88 Å². The molecular formula is C18H24N4O2. The molecule has 128 valence electrons. The summed E-state index contributed by atoms with van der Waals surface area (Å²) in [4.78, 5) is 25.1. The number of aryl methyl sites for hydroxylation is 2. The van der Waals surface area contributed by atoms with Crippen molar-refractivity contribution in [2.24, 2.45) is 0 Å². The van der Waals surface area contributed by atoms with Gasteiger partial charge in [0.05, 0.1) is 5.69 Å². The molecule has 0 aromatic carbocycles. The Labute approximate surface area is 140 Å². The van der Waals surface area contributed by atoms with Crippen LogP contribution in [0.3, 0.4) is 0 Å². The second kappa shape index (κ2) is 6.42. The van der Waals surface area contributed by atoms with Crippen molar-refractivity contribution in [1.82, 2.24) is 19.5 Å². The van der Waals surface area contributed by atoms with Gasteiger partial charge >= 0.3 is 0 Å². The third-order valence-corrected chi connectivity index (χ3v) is 5.32. The Kier molecular flexibility index (Phi) is 4.12. The van der Waals surface area contributed by atoms with Crippen LogP contribution in [0.25, 0.3) is 5.52 Å². The van der Waals surface area contributed by atoms with Crippen LogP contribution in [0.15, 0.2) is 17.2 Å². The van der Waals surface area contributed by atoms with Crippen molar-refractivity contribution < 1.29 is 4.79 Å². The third kappa shape index (κ3) is 2.85. The highest BCUT2D eigenvalue weighted by atomic mass is 16.2. The van der Waals surface area contributed by atoms with Gasteiger partial charge in [-0.25, -0.2) is 4.52 Å². The number of rotatable bonds is 3. The molecule has 0 atom stereocenters. The molecular weight excluding hydrogens is 304 g/mol. The second-order valence-corrected chi connectivity index (χ2v) is 7.06. The molecule has 2 aliphatic carbocycles. The number of hydrogen-bond acceptors (Lipinski definition) is 3. The van der Waals surface area contributed by atoms with E-state index >= 15 is 0 Å². The van der Waals surface area contributed by atoms with E-state index in [1.165, 1.54) is 23.8 Å². The Morgan fingerprint density at radius 3 is 2.75 bits per heavy atom. The molecule has 0 spiro atoms. The van der Waals surface area contributed by atoms with Gasteiger partial charge in [-0.1, -0.05) is 19.3 Å². The Bertz CT molecular complexity index is 814. The van der Waals surface area contributed by atoms with E-state index in [9.17, 15) is 9.59 Å². The zero-order valence-electron chi connectivity index (χ0n) is 14.0. The zero-order valence-corrected chi connectivity index (χ0v) is 14.0. The molecule has 2 aromatic heterocycles. The summed E-state index contributed by atoms with van der Waals surface area (Å²) in [6.45, 7) is 0.0891. The van der Waals surface area contributed by atoms with Crippen molar-refractivity contribution in [1.29, 1.82) is 0 Å². The van der Waals surface area contributed by atoms with Crippen molar-refractivity contribution >= 4 is 11.4 Å². The Morgan fingerprint density at radius 1 is 1.12 bits per heavy atom. The van der Waals surface area contributed by atoms with Crippen molar-refractivity contribution in [2.75, 3.05) is 0 Å². The largest absolute Gasteiger partial charge is 0.352 e. The maximum atomic E-state index is 12.9. The first kappa shape index (κ1) is 15.4. The number of carbonyl (C=O) groups is 1. The second-order valence-electron chi connectivity index (χ2n) is 7.06. The molecule has 2 aliphatic rings. The number of fused-ring (bicyclic) bond motifs is 3. The van der Waals surface area contributed by atoms with E-state index in [4.69, 9.17) is 0 Å². The van der Waals surface area contributed by atoms with Crippen molar-refractivity contribution in [3.63, 3.8) is 0 Å². The molecule has 1 saturated carbocycles. The molecule has 0 aliphatic heterocycles. The number of nitrogens with zero attached hydrogens (tertiary/aromatic N) is 3. The molecule has 0 radical (unpaired) electrons. The number of hydrogen-bond donors (Lipinski definition) is 1. The predicted molar refractivity (Wildman–Crippen MR) is 91.1 cm³/mol. The zero-order chi connectivity index (χ0) is 16.5. The first-order valence-corrected chi connectivity index (χ1v) is 9.11. The van der Waals surface area contributed by atoms with Gasteiger partial charge in [0.15, 0.2) is 0 Å². The SMILES string of the molecule is O=C(Cn1ccn2nc3c(c2c1=O)CCCCC3)NC1CCCC1. The predicted octanol–water partition coefficient (Wildman–Crippen LogP) is 1.82. The fourth-order valence-electron chi connectivity index (χ4n) is 4.05. The molecule has 0 bridgehead atoms. The molecule has 4 rings (SSSR count). The summed E-state index contributed by atoms with van der Waals surface area (Å²) in [5, 5.41) is 7.63. The fraction of sp³-hybridized carbons (Fsp3) is 0.611. The van der Waals surface area contributed by atoms with Gasteiger partial charge in [0.25, 0.3) is 5.56 Å². The first-order valence-electron chi connectivity index (χ1n) is 9.11. The Balaban J connectivity index is 1.61. The third-order valence-electron chi connectivity index (χ3n) is 5.32. The molecule has 6 heteroatoms. The lowest BCUT2D eigenvalue weighted by Crippen LogP contribution is -2.37. The van der Waals surface area contributed by atoms with Crippen molar-refractivity contribution in [2.45, 2.75) is 70.4 Å². The van der Waals surface area contributed by atoms with Gasteiger partial charge in [0.1, 0.15) is 12.1 Å². The molecule has 24 heavy (non-hydrogen) atoms. The minimum Gasteiger partial charge on any atom is -0.352 e. The maximum Gasteiger partial charge on any atom is 0.277 e. The van der Waals surface area contributed by atoms with Gasteiger partial charge in [-0.05, 0) is 38.5 Å². The van der Waals surface area contributed by atoms with Gasteiger partial charge in [0, 0.05) is 24.0 Å². The summed E-state index contributed by atoms with van der Waals surface area (Å²) >= 11 is 0. The standard InChI is InChI=1S/C18H24N4O2/c23-16(19-13-6-4-5-7-13)12-21-10-11-22-17(18(21)24)14-8-2-1-3-9-15(14)20-22/h10-11,13H,1-9,12H2,(H,19,23). The van der Waals surface area contributed by atoms with E-state index < -0.39 is 0 Å². The molecule has 0 saturated heterocycles. The Morgan fingerprint density at radius 2 is 1.92 bits per heavy atom. The van der Waals surface area contributed by atoms with Crippen LogP contribution in [0.5, 0.6) is 0 Å². The summed E-state index contributed by atoms with van der Waals surface area (Å²) in [6, 6.07) is 0.281. The van der Waals surface area contributed by atoms with E-state index in [0.717, 1.165) is 49.8 Å². The molecule has 1 amide bonds. The van der Waals surface area contributed by atoms with Gasteiger partial charge in [0.2, 0.25) is 5.91 Å². The molecule has 1 N–H and O–H groups in total. The molecule has 6 nitrogen and oxygen atoms in total. The normalized spacial score (nSPS) is 18.5. The highest BCUT2D eigenvalue weighted by Crippen LogP contribution is 2.22. The lowest BCUT2D eigenvalue weighted by Gasteiger charge is -2.13. The molecule has 1 fully saturated rings. The molecule has 0 unspecified atom stereocenters. The van der Waals surface area contributed by atoms with E-state index in [2.05, 4.69) is 10.4 Å². The lowest BCUT2D eigenvalue weighted by atomic mass is 10.1. The fourth-order valence-corrected chi connectivity index (χ4v) is 4.05. The topological polar surface area (TPSA) is 68.4 Å². The summed E-state index contributed by atoms with van der Waals surface area (Å²) in [6.07, 6.45) is 13.2. The van der Waals surface area contributed by atoms with E-state index in [1.54, 1.807) is 16.9 Å². The average molecular weight is 328 g/mol. The number of carbonyl (C=O) groups excluding carboxylic acids is 1. The quantitative estimate of drug-likeness (QED) is 0.874. The minimum absolute atomic E-state index is 0.0704. The lowest BCUT2D eigenvalue weighted by molar-refractivity contribution is -0.122. The minimum atomic E-state index is -0.102. The van der Waals surface area contributed by atoms with Crippen LogP contribution in [0.4, 0.5) is 0 Å². The summed E-state index contributed by atoms with van der Waals surface area (Å²) < 4.78 is 3.22. The number of amides is 1. The van der Waals surface area contributed by atoms with E-state index in [-0.39, 0.29) is 24.1 Å². The monoisotopic (exact) mass is 328 g/mol. The van der Waals surface area contributed by atoms with E-state index in [0.29, 0.717) is 5.52 Å². The highest BCUT2D eigenvalue weighted by Gasteiger charge is 2.20. The summed E-state index contributed by atoms with van der Waals surface area (Å²) in [7, 11) is 0. The van der Waals surface area contributed by atoms with Crippen molar-refractivity contribution in [3.05, 3.63) is 34.0 Å². The summed E-state index contributed by atoms with van der Waals surface area (Å²) in [5.74, 6) is -0.0704. The van der Waals surface area contributed by atoms with Crippen LogP contribution in [-0.2, 0) is 24.2 Å². The first-order chi connectivity index (χ1) is 11.7. The average Bonchev–Trinajstić information content (AvgIpc) is 3.13. The number of nitrogens with one attached hydrogen (secondary N) is 1. The van der Waals surface area contributed by atoms with Crippen LogP contribution in [-0.4, -0.2) is 26.1 Å². The Hall–Kier alpha value is -2.11. The van der Waals surface area contributed by atoms with Gasteiger partial charge in [-0.15, -0.1) is 0 Å². The van der Waals surface area contributed by atoms with Crippen LogP contribution < -0.4 is 10.9 Å². The van der Waals surface area contributed by atoms with E-state index in [1.807, 2.05) is 0 Å².